The molecule has 1 radical (unpaired) electrons. The first kappa shape index (κ1) is 19.2. The van der Waals surface area contributed by atoms with E-state index in [4.69, 9.17) is 14.6 Å². The number of carboxylic acids is 1. The molecule has 0 spiro atoms. The molecule has 0 aliphatic heterocycles. The number of carboxylic acid groups (broad SMARTS) is 1. The third-order valence-corrected chi connectivity index (χ3v) is 3.41. The van der Waals surface area contributed by atoms with Crippen molar-refractivity contribution < 1.29 is 24.2 Å². The SMILES string of the molecule is CCC([B]CCOCCOC(=O)CCC(=O)O)c1ccccc1. The van der Waals surface area contributed by atoms with Gasteiger partial charge in [-0.05, 0) is 5.82 Å². The van der Waals surface area contributed by atoms with Crippen LogP contribution >= 0.6 is 0 Å². The van der Waals surface area contributed by atoms with Gasteiger partial charge in [0.2, 0.25) is 0 Å². The molecular weight excluding hydrogens is 295 g/mol. The van der Waals surface area contributed by atoms with Crippen molar-refractivity contribution in [1.82, 2.24) is 0 Å². The summed E-state index contributed by atoms with van der Waals surface area (Å²) in [4.78, 5) is 21.5. The molecule has 0 amide bonds. The van der Waals surface area contributed by atoms with Crippen LogP contribution in [0.25, 0.3) is 0 Å². The summed E-state index contributed by atoms with van der Waals surface area (Å²) < 4.78 is 10.3. The van der Waals surface area contributed by atoms with E-state index < -0.39 is 11.9 Å². The van der Waals surface area contributed by atoms with Crippen molar-refractivity contribution >= 4 is 19.2 Å². The summed E-state index contributed by atoms with van der Waals surface area (Å²) in [6.07, 6.45) is 1.58. The number of hydrogen-bond donors (Lipinski definition) is 1. The third-order valence-electron chi connectivity index (χ3n) is 3.41. The Balaban J connectivity index is 2.04. The van der Waals surface area contributed by atoms with E-state index in [0.29, 0.717) is 19.0 Å². The molecule has 0 aliphatic carbocycles. The van der Waals surface area contributed by atoms with Crippen LogP contribution in [0.5, 0.6) is 0 Å². The monoisotopic (exact) mass is 319 g/mol. The summed E-state index contributed by atoms with van der Waals surface area (Å²) in [5, 5.41) is 8.44. The molecule has 0 aliphatic rings. The van der Waals surface area contributed by atoms with Crippen LogP contribution in [0, 0.1) is 0 Å². The quantitative estimate of drug-likeness (QED) is 0.364. The van der Waals surface area contributed by atoms with Crippen molar-refractivity contribution in [2.75, 3.05) is 19.8 Å². The highest BCUT2D eigenvalue weighted by Gasteiger charge is 2.10. The third kappa shape index (κ3) is 9.03. The lowest BCUT2D eigenvalue weighted by Gasteiger charge is -2.14. The molecule has 1 aromatic rings. The zero-order valence-corrected chi connectivity index (χ0v) is 13.6. The Kier molecular flexibility index (Phi) is 9.79. The van der Waals surface area contributed by atoms with Gasteiger partial charge in [-0.2, -0.15) is 0 Å². The highest BCUT2D eigenvalue weighted by molar-refractivity contribution is 6.37. The minimum atomic E-state index is -1.00. The zero-order chi connectivity index (χ0) is 16.9. The molecule has 125 valence electrons. The fourth-order valence-electron chi connectivity index (χ4n) is 2.19. The first-order chi connectivity index (χ1) is 11.1. The smallest absolute Gasteiger partial charge is 0.306 e. The van der Waals surface area contributed by atoms with E-state index in [-0.39, 0.29) is 19.4 Å². The molecule has 0 fully saturated rings. The standard InChI is InChI=1S/C17H24BO5/c1-2-15(14-6-4-3-5-7-14)18-10-11-22-12-13-23-17(21)9-8-16(19)20/h3-7,15H,2,8-13H2,1H3,(H,19,20). The van der Waals surface area contributed by atoms with E-state index in [9.17, 15) is 9.59 Å². The molecular formula is C17H24BO5. The Morgan fingerprint density at radius 1 is 1.13 bits per heavy atom. The van der Waals surface area contributed by atoms with Crippen LogP contribution in [0.2, 0.25) is 6.32 Å². The highest BCUT2D eigenvalue weighted by atomic mass is 16.6. The minimum Gasteiger partial charge on any atom is -0.481 e. The van der Waals surface area contributed by atoms with Gasteiger partial charge in [0.05, 0.1) is 19.4 Å². The van der Waals surface area contributed by atoms with E-state index in [1.165, 1.54) is 5.56 Å². The molecule has 0 saturated carbocycles. The number of rotatable bonds is 12. The number of aliphatic carboxylic acids is 1. The van der Waals surface area contributed by atoms with Crippen LogP contribution in [-0.2, 0) is 19.1 Å². The van der Waals surface area contributed by atoms with Crippen LogP contribution in [-0.4, -0.2) is 44.1 Å². The van der Waals surface area contributed by atoms with E-state index in [1.54, 1.807) is 0 Å². The number of carbonyl (C=O) groups is 2. The lowest BCUT2D eigenvalue weighted by molar-refractivity contribution is -0.148. The highest BCUT2D eigenvalue weighted by Crippen LogP contribution is 2.18. The summed E-state index contributed by atoms with van der Waals surface area (Å²) in [7, 11) is 2.24. The molecule has 0 heterocycles. The molecule has 0 saturated heterocycles. The molecule has 23 heavy (non-hydrogen) atoms. The predicted octanol–water partition coefficient (Wildman–Crippen LogP) is 2.68. The van der Waals surface area contributed by atoms with Gasteiger partial charge in [0, 0.05) is 6.61 Å². The number of ether oxygens (including phenoxy) is 2. The Hall–Kier alpha value is -1.82. The molecule has 1 atom stereocenters. The largest absolute Gasteiger partial charge is 0.481 e. The lowest BCUT2D eigenvalue weighted by atomic mass is 9.58. The molecule has 1 unspecified atom stereocenters. The fraction of sp³-hybridized carbons (Fsp3) is 0.529. The molecule has 1 aromatic carbocycles. The van der Waals surface area contributed by atoms with Crippen LogP contribution in [0.15, 0.2) is 30.3 Å². The first-order valence-corrected chi connectivity index (χ1v) is 7.97. The van der Waals surface area contributed by atoms with Gasteiger partial charge in [-0.25, -0.2) is 0 Å². The Bertz CT molecular complexity index is 463. The first-order valence-electron chi connectivity index (χ1n) is 7.97. The van der Waals surface area contributed by atoms with Gasteiger partial charge in [0.1, 0.15) is 13.9 Å². The molecule has 1 rings (SSSR count). The number of hydrogen-bond acceptors (Lipinski definition) is 4. The summed E-state index contributed by atoms with van der Waals surface area (Å²) in [6, 6.07) is 10.4. The molecule has 6 heteroatoms. The average molecular weight is 319 g/mol. The van der Waals surface area contributed by atoms with Crippen LogP contribution in [0.4, 0.5) is 0 Å². The zero-order valence-electron chi connectivity index (χ0n) is 13.6. The van der Waals surface area contributed by atoms with E-state index in [1.807, 2.05) is 18.2 Å². The van der Waals surface area contributed by atoms with E-state index in [2.05, 4.69) is 26.3 Å². The maximum absolute atomic E-state index is 11.2. The average Bonchev–Trinajstić information content (AvgIpc) is 2.56. The van der Waals surface area contributed by atoms with Crippen molar-refractivity contribution in [3.05, 3.63) is 35.9 Å². The lowest BCUT2D eigenvalue weighted by Crippen LogP contribution is -2.14. The van der Waals surface area contributed by atoms with Gasteiger partial charge in [-0.3, -0.25) is 9.59 Å². The van der Waals surface area contributed by atoms with E-state index >= 15 is 0 Å². The maximum atomic E-state index is 11.2. The topological polar surface area (TPSA) is 72.8 Å². The number of benzene rings is 1. The second-order valence-electron chi connectivity index (χ2n) is 5.18. The minimum absolute atomic E-state index is 0.0988. The Morgan fingerprint density at radius 3 is 2.52 bits per heavy atom. The molecule has 0 bridgehead atoms. The molecule has 5 nitrogen and oxygen atoms in total. The van der Waals surface area contributed by atoms with E-state index in [0.717, 1.165) is 12.7 Å². The Labute approximate surface area is 138 Å². The van der Waals surface area contributed by atoms with Gasteiger partial charge < -0.3 is 14.6 Å². The normalized spacial score (nSPS) is 11.7. The van der Waals surface area contributed by atoms with Crippen molar-refractivity contribution in [2.45, 2.75) is 38.3 Å². The maximum Gasteiger partial charge on any atom is 0.306 e. The van der Waals surface area contributed by atoms with Crippen molar-refractivity contribution in [3.63, 3.8) is 0 Å². The van der Waals surface area contributed by atoms with Crippen molar-refractivity contribution in [2.24, 2.45) is 0 Å². The second-order valence-corrected chi connectivity index (χ2v) is 5.18. The number of carbonyl (C=O) groups excluding carboxylic acids is 1. The van der Waals surface area contributed by atoms with Crippen LogP contribution in [0.3, 0.4) is 0 Å². The predicted molar refractivity (Wildman–Crippen MR) is 88.7 cm³/mol. The fourth-order valence-corrected chi connectivity index (χ4v) is 2.19. The van der Waals surface area contributed by atoms with Crippen LogP contribution in [0.1, 0.15) is 37.6 Å². The second kappa shape index (κ2) is 11.7. The van der Waals surface area contributed by atoms with Gasteiger partial charge in [0.15, 0.2) is 0 Å². The number of esters is 1. The van der Waals surface area contributed by atoms with Gasteiger partial charge in [-0.1, -0.05) is 55.6 Å². The summed E-state index contributed by atoms with van der Waals surface area (Å²) in [5.74, 6) is -1.08. The molecule has 1 N–H and O–H groups in total. The van der Waals surface area contributed by atoms with Gasteiger partial charge in [-0.15, -0.1) is 0 Å². The van der Waals surface area contributed by atoms with Crippen molar-refractivity contribution in [3.8, 4) is 0 Å². The van der Waals surface area contributed by atoms with Gasteiger partial charge in [0.25, 0.3) is 0 Å². The Morgan fingerprint density at radius 2 is 1.87 bits per heavy atom. The summed E-state index contributed by atoms with van der Waals surface area (Å²) in [5.41, 5.74) is 1.31. The van der Waals surface area contributed by atoms with Crippen LogP contribution < -0.4 is 0 Å². The van der Waals surface area contributed by atoms with Gasteiger partial charge >= 0.3 is 11.9 Å². The molecule has 0 aromatic heterocycles. The van der Waals surface area contributed by atoms with Crippen molar-refractivity contribution in [1.29, 1.82) is 0 Å². The summed E-state index contributed by atoms with van der Waals surface area (Å²) in [6.45, 7) is 3.23. The summed E-state index contributed by atoms with van der Waals surface area (Å²) >= 11 is 0.